The number of aliphatic hydroxyl groups excluding tert-OH is 3. The highest BCUT2D eigenvalue weighted by Gasteiger charge is 2.50. The van der Waals surface area contributed by atoms with Crippen LogP contribution < -0.4 is 0 Å². The van der Waals surface area contributed by atoms with Crippen LogP contribution in [0.25, 0.3) is 0 Å². The molecule has 3 rings (SSSR count). The van der Waals surface area contributed by atoms with Gasteiger partial charge in [-0.15, -0.1) is 0 Å². The molecular formula is C27H44O3. The highest BCUT2D eigenvalue weighted by atomic mass is 16.3. The molecule has 0 aliphatic heterocycles. The molecule has 0 amide bonds. The van der Waals surface area contributed by atoms with Crippen LogP contribution in [0.1, 0.15) is 85.5 Å². The molecular weight excluding hydrogens is 372 g/mol. The number of hydrogen-bond donors (Lipinski definition) is 3. The van der Waals surface area contributed by atoms with E-state index >= 15 is 0 Å². The summed E-state index contributed by atoms with van der Waals surface area (Å²) in [5.74, 6) is 2.35. The van der Waals surface area contributed by atoms with Gasteiger partial charge < -0.3 is 15.3 Å². The number of aliphatic hydroxyl groups is 3. The third-order valence-corrected chi connectivity index (χ3v) is 8.68. The Morgan fingerprint density at radius 2 is 1.87 bits per heavy atom. The largest absolute Gasteiger partial charge is 0.393 e. The maximum absolute atomic E-state index is 10.3. The summed E-state index contributed by atoms with van der Waals surface area (Å²) in [6.45, 7) is 13.2. The summed E-state index contributed by atoms with van der Waals surface area (Å²) in [5.41, 5.74) is 3.69. The lowest BCUT2D eigenvalue weighted by Crippen LogP contribution is -2.36. The zero-order valence-corrected chi connectivity index (χ0v) is 19.6. The van der Waals surface area contributed by atoms with Gasteiger partial charge in [-0.1, -0.05) is 52.0 Å². The van der Waals surface area contributed by atoms with Crippen molar-refractivity contribution in [1.29, 1.82) is 0 Å². The van der Waals surface area contributed by atoms with Gasteiger partial charge in [0.1, 0.15) is 0 Å². The fourth-order valence-electron chi connectivity index (χ4n) is 6.65. The lowest BCUT2D eigenvalue weighted by Gasteiger charge is -2.44. The molecule has 0 aromatic carbocycles. The summed E-state index contributed by atoms with van der Waals surface area (Å²) >= 11 is 0. The van der Waals surface area contributed by atoms with Crippen LogP contribution in [0.5, 0.6) is 0 Å². The minimum atomic E-state index is -0.618. The van der Waals surface area contributed by atoms with E-state index in [9.17, 15) is 15.3 Å². The first kappa shape index (κ1) is 23.8. The summed E-state index contributed by atoms with van der Waals surface area (Å²) in [7, 11) is 0. The molecule has 3 nitrogen and oxygen atoms in total. The highest BCUT2D eigenvalue weighted by Crippen LogP contribution is 2.60. The van der Waals surface area contributed by atoms with Crippen molar-refractivity contribution in [3.63, 3.8) is 0 Å². The minimum Gasteiger partial charge on any atom is -0.393 e. The van der Waals surface area contributed by atoms with E-state index in [0.717, 1.165) is 36.3 Å². The highest BCUT2D eigenvalue weighted by molar-refractivity contribution is 5.38. The van der Waals surface area contributed by atoms with E-state index in [1.54, 1.807) is 5.57 Å². The third kappa shape index (κ3) is 4.95. The van der Waals surface area contributed by atoms with Crippen molar-refractivity contribution < 1.29 is 15.3 Å². The zero-order valence-electron chi connectivity index (χ0n) is 19.6. The van der Waals surface area contributed by atoms with Crippen molar-refractivity contribution in [3.05, 3.63) is 35.5 Å². The Morgan fingerprint density at radius 1 is 1.13 bits per heavy atom. The molecule has 7 atom stereocenters. The quantitative estimate of drug-likeness (QED) is 0.531. The average Bonchev–Trinajstić information content (AvgIpc) is 3.04. The van der Waals surface area contributed by atoms with Crippen LogP contribution in [0, 0.1) is 29.1 Å². The van der Waals surface area contributed by atoms with E-state index in [0.29, 0.717) is 36.0 Å². The molecule has 0 aromatic rings. The zero-order chi connectivity index (χ0) is 22.1. The normalized spacial score (nSPS) is 39.5. The molecule has 0 radical (unpaired) electrons. The molecule has 3 heteroatoms. The Labute approximate surface area is 184 Å². The maximum atomic E-state index is 10.3. The van der Waals surface area contributed by atoms with E-state index in [1.165, 1.54) is 25.7 Å². The summed E-state index contributed by atoms with van der Waals surface area (Å²) in [6.07, 6.45) is 12.4. The molecule has 0 spiro atoms. The number of allylic oxidation sites excluding steroid dienone is 3. The van der Waals surface area contributed by atoms with Gasteiger partial charge in [0.2, 0.25) is 0 Å². The fourth-order valence-corrected chi connectivity index (χ4v) is 6.65. The molecule has 3 aliphatic rings. The molecule has 0 heterocycles. The third-order valence-electron chi connectivity index (χ3n) is 8.68. The maximum Gasteiger partial charge on any atom is 0.0811 e. The average molecular weight is 417 g/mol. The Hall–Kier alpha value is -0.900. The van der Waals surface area contributed by atoms with E-state index in [4.69, 9.17) is 0 Å². The van der Waals surface area contributed by atoms with E-state index in [-0.39, 0.29) is 6.10 Å². The lowest BCUT2D eigenvalue weighted by molar-refractivity contribution is 0.0717. The van der Waals surface area contributed by atoms with Gasteiger partial charge >= 0.3 is 0 Å². The molecule has 3 fully saturated rings. The standard InChI is InChI=1S/C27H44O3/c1-17(2)25(29)13-8-18(3)23-11-12-24-20(7-6-14-27(23,24)5)9-10-21-15-22(28)16-26(30)19(21)4/h9-10,17-18,22-26,28-30H,4,6-8,11-16H2,1-3,5H3/b20-9-,21-10-. The van der Waals surface area contributed by atoms with Crippen LogP contribution in [0.2, 0.25) is 0 Å². The van der Waals surface area contributed by atoms with Crippen LogP contribution in [-0.4, -0.2) is 33.6 Å². The first-order valence-corrected chi connectivity index (χ1v) is 12.3. The smallest absolute Gasteiger partial charge is 0.0811 e. The van der Waals surface area contributed by atoms with Crippen molar-refractivity contribution in [3.8, 4) is 0 Å². The van der Waals surface area contributed by atoms with E-state index in [1.807, 2.05) is 0 Å². The Bertz CT molecular complexity index is 676. The Balaban J connectivity index is 1.72. The van der Waals surface area contributed by atoms with Gasteiger partial charge in [-0.25, -0.2) is 0 Å². The first-order valence-electron chi connectivity index (χ1n) is 12.3. The molecule has 7 unspecified atom stereocenters. The molecule has 3 N–H and O–H groups in total. The Kier molecular flexibility index (Phi) is 7.69. The van der Waals surface area contributed by atoms with Gasteiger partial charge in [0.15, 0.2) is 0 Å². The number of hydrogen-bond acceptors (Lipinski definition) is 3. The van der Waals surface area contributed by atoms with Crippen molar-refractivity contribution >= 4 is 0 Å². The first-order chi connectivity index (χ1) is 14.1. The second-order valence-corrected chi connectivity index (χ2v) is 11.0. The van der Waals surface area contributed by atoms with Crippen LogP contribution in [0.3, 0.4) is 0 Å². The van der Waals surface area contributed by atoms with Gasteiger partial charge in [0, 0.05) is 6.42 Å². The molecule has 3 aliphatic carbocycles. The molecule has 0 aromatic heterocycles. The van der Waals surface area contributed by atoms with Gasteiger partial charge in [-0.3, -0.25) is 0 Å². The monoisotopic (exact) mass is 416 g/mol. The second kappa shape index (κ2) is 9.71. The topological polar surface area (TPSA) is 60.7 Å². The van der Waals surface area contributed by atoms with Crippen LogP contribution in [0.4, 0.5) is 0 Å². The van der Waals surface area contributed by atoms with Crippen molar-refractivity contribution in [2.75, 3.05) is 0 Å². The van der Waals surface area contributed by atoms with Gasteiger partial charge in [0.05, 0.1) is 18.3 Å². The second-order valence-electron chi connectivity index (χ2n) is 11.0. The summed E-state index contributed by atoms with van der Waals surface area (Å²) in [6, 6.07) is 0. The van der Waals surface area contributed by atoms with Gasteiger partial charge in [-0.2, -0.15) is 0 Å². The fraction of sp³-hybridized carbons (Fsp3) is 0.778. The predicted octanol–water partition coefficient (Wildman–Crippen LogP) is 5.56. The molecule has 30 heavy (non-hydrogen) atoms. The van der Waals surface area contributed by atoms with E-state index < -0.39 is 12.2 Å². The summed E-state index contributed by atoms with van der Waals surface area (Å²) in [4.78, 5) is 0. The number of fused-ring (bicyclic) bond motifs is 1. The van der Waals surface area contributed by atoms with Gasteiger partial charge in [-0.05, 0) is 91.6 Å². The number of rotatable bonds is 6. The van der Waals surface area contributed by atoms with Crippen molar-refractivity contribution in [2.24, 2.45) is 29.1 Å². The lowest BCUT2D eigenvalue weighted by atomic mass is 9.60. The Morgan fingerprint density at radius 3 is 2.57 bits per heavy atom. The van der Waals surface area contributed by atoms with Crippen LogP contribution in [0.15, 0.2) is 35.5 Å². The summed E-state index contributed by atoms with van der Waals surface area (Å²) < 4.78 is 0. The molecule has 3 saturated carbocycles. The van der Waals surface area contributed by atoms with Crippen molar-refractivity contribution in [2.45, 2.75) is 104 Å². The summed E-state index contributed by atoms with van der Waals surface area (Å²) in [5, 5.41) is 30.4. The minimum absolute atomic E-state index is 0.180. The molecule has 170 valence electrons. The molecule has 0 bridgehead atoms. The van der Waals surface area contributed by atoms with E-state index in [2.05, 4.69) is 46.4 Å². The SMILES string of the molecule is C=C1/C(=C\C=C2\CCCC3(C)C2CCC3C(C)CCC(O)C(C)C)CC(O)CC1O. The van der Waals surface area contributed by atoms with Crippen LogP contribution >= 0.6 is 0 Å². The molecule has 0 saturated heterocycles. The van der Waals surface area contributed by atoms with Crippen molar-refractivity contribution in [1.82, 2.24) is 0 Å². The predicted molar refractivity (Wildman–Crippen MR) is 124 cm³/mol. The van der Waals surface area contributed by atoms with Gasteiger partial charge in [0.25, 0.3) is 0 Å². The van der Waals surface area contributed by atoms with Crippen LogP contribution in [-0.2, 0) is 0 Å².